The van der Waals surface area contributed by atoms with Crippen molar-refractivity contribution < 1.29 is 10.2 Å². The van der Waals surface area contributed by atoms with Gasteiger partial charge in [-0.1, -0.05) is 0 Å². The first-order chi connectivity index (χ1) is 5.25. The van der Waals surface area contributed by atoms with Crippen molar-refractivity contribution >= 4 is 22.9 Å². The number of alkyl halides is 1. The van der Waals surface area contributed by atoms with Crippen LogP contribution in [0.5, 0.6) is 0 Å². The summed E-state index contributed by atoms with van der Waals surface area (Å²) in [5, 5.41) is 20.0. The second kappa shape index (κ2) is 4.01. The van der Waals surface area contributed by atoms with Crippen molar-refractivity contribution in [3.8, 4) is 0 Å². The van der Waals surface area contributed by atoms with Gasteiger partial charge in [-0.15, -0.1) is 22.9 Å². The van der Waals surface area contributed by atoms with Crippen molar-refractivity contribution in [3.05, 3.63) is 16.6 Å². The highest BCUT2D eigenvalue weighted by molar-refractivity contribution is 7.07. The topological polar surface area (TPSA) is 53.4 Å². The summed E-state index contributed by atoms with van der Waals surface area (Å²) in [5.74, 6) is 0.0126. The molecule has 0 saturated carbocycles. The lowest BCUT2D eigenvalue weighted by molar-refractivity contribution is 0.0304. The smallest absolute Gasteiger partial charge is 0.124 e. The van der Waals surface area contributed by atoms with Gasteiger partial charge in [0.15, 0.2) is 0 Å². The molecule has 0 amide bonds. The van der Waals surface area contributed by atoms with E-state index in [4.69, 9.17) is 16.7 Å². The Hall–Kier alpha value is -0.160. The summed E-state index contributed by atoms with van der Waals surface area (Å²) in [6, 6.07) is 0. The van der Waals surface area contributed by atoms with E-state index in [-0.39, 0.29) is 5.88 Å². The fourth-order valence-electron chi connectivity index (χ4n) is 0.649. The van der Waals surface area contributed by atoms with Crippen LogP contribution in [0.15, 0.2) is 10.9 Å². The Labute approximate surface area is 73.3 Å². The minimum atomic E-state index is -0.959. The number of hydrogen-bond donors (Lipinski definition) is 2. The third-order valence-electron chi connectivity index (χ3n) is 1.28. The lowest BCUT2D eigenvalue weighted by Gasteiger charge is -2.11. The minimum Gasteiger partial charge on any atom is -0.389 e. The minimum absolute atomic E-state index is 0.0126. The number of aromatic nitrogens is 1. The lowest BCUT2D eigenvalue weighted by Crippen LogP contribution is -2.19. The quantitative estimate of drug-likeness (QED) is 0.698. The molecule has 1 rings (SSSR count). The van der Waals surface area contributed by atoms with Crippen LogP contribution in [0.4, 0.5) is 0 Å². The Morgan fingerprint density at radius 2 is 2.36 bits per heavy atom. The van der Waals surface area contributed by atoms with Gasteiger partial charge < -0.3 is 10.2 Å². The molecule has 11 heavy (non-hydrogen) atoms. The van der Waals surface area contributed by atoms with E-state index >= 15 is 0 Å². The number of aliphatic hydroxyl groups is 2. The average Bonchev–Trinajstić information content (AvgIpc) is 2.53. The van der Waals surface area contributed by atoms with Crippen molar-refractivity contribution in [3.63, 3.8) is 0 Å². The molecule has 1 aromatic rings. The first-order valence-electron chi connectivity index (χ1n) is 3.06. The molecule has 1 heterocycles. The van der Waals surface area contributed by atoms with Gasteiger partial charge in [-0.2, -0.15) is 0 Å². The van der Waals surface area contributed by atoms with Crippen LogP contribution < -0.4 is 0 Å². The molecule has 0 bridgehead atoms. The summed E-state index contributed by atoms with van der Waals surface area (Å²) >= 11 is 6.70. The zero-order valence-corrected chi connectivity index (χ0v) is 7.22. The second-order valence-corrected chi connectivity index (χ2v) is 3.11. The zero-order valence-electron chi connectivity index (χ0n) is 5.64. The van der Waals surface area contributed by atoms with E-state index in [1.807, 2.05) is 0 Å². The molecular formula is C6H8ClNO2S. The number of halogens is 1. The lowest BCUT2D eigenvalue weighted by atomic mass is 10.2. The van der Waals surface area contributed by atoms with Gasteiger partial charge in [-0.3, -0.25) is 0 Å². The van der Waals surface area contributed by atoms with Crippen LogP contribution in [0.2, 0.25) is 0 Å². The van der Waals surface area contributed by atoms with Gasteiger partial charge in [-0.25, -0.2) is 4.98 Å². The molecule has 3 nitrogen and oxygen atoms in total. The largest absolute Gasteiger partial charge is 0.389 e. The van der Waals surface area contributed by atoms with Crippen LogP contribution in [-0.4, -0.2) is 27.2 Å². The van der Waals surface area contributed by atoms with Crippen molar-refractivity contribution in [1.29, 1.82) is 0 Å². The van der Waals surface area contributed by atoms with Gasteiger partial charge in [0, 0.05) is 5.38 Å². The van der Waals surface area contributed by atoms with Crippen LogP contribution in [-0.2, 0) is 0 Å². The van der Waals surface area contributed by atoms with E-state index in [0.717, 1.165) is 0 Å². The van der Waals surface area contributed by atoms with Crippen molar-refractivity contribution in [2.24, 2.45) is 0 Å². The van der Waals surface area contributed by atoms with Gasteiger partial charge in [0.2, 0.25) is 0 Å². The third kappa shape index (κ3) is 2.13. The van der Waals surface area contributed by atoms with Gasteiger partial charge in [0.25, 0.3) is 0 Å². The predicted molar refractivity (Wildman–Crippen MR) is 43.8 cm³/mol. The van der Waals surface area contributed by atoms with Crippen molar-refractivity contribution in [2.45, 2.75) is 12.2 Å². The highest BCUT2D eigenvalue weighted by Crippen LogP contribution is 2.16. The maximum Gasteiger partial charge on any atom is 0.124 e. The maximum atomic E-state index is 9.29. The molecule has 1 aromatic heterocycles. The molecule has 5 heteroatoms. The molecule has 0 aliphatic heterocycles. The molecule has 0 aromatic carbocycles. The van der Waals surface area contributed by atoms with E-state index in [1.54, 1.807) is 10.9 Å². The molecule has 0 spiro atoms. The third-order valence-corrected chi connectivity index (χ3v) is 2.20. The summed E-state index contributed by atoms with van der Waals surface area (Å²) in [7, 11) is 0. The van der Waals surface area contributed by atoms with E-state index in [0.29, 0.717) is 5.69 Å². The number of aliphatic hydroxyl groups excluding tert-OH is 2. The van der Waals surface area contributed by atoms with Gasteiger partial charge in [0.05, 0.1) is 23.2 Å². The number of nitrogens with zero attached hydrogens (tertiary/aromatic N) is 1. The standard InChI is InChI=1S/C6H8ClNO2S/c7-1-5(9)6(10)4-2-11-3-8-4/h2-3,5-6,9-10H,1H2. The fourth-order valence-corrected chi connectivity index (χ4v) is 1.40. The first-order valence-corrected chi connectivity index (χ1v) is 4.53. The molecule has 2 unspecified atom stereocenters. The Bertz CT molecular complexity index is 204. The van der Waals surface area contributed by atoms with Crippen molar-refractivity contribution in [1.82, 2.24) is 4.98 Å². The van der Waals surface area contributed by atoms with Crippen LogP contribution in [0.1, 0.15) is 11.8 Å². The number of thiazole rings is 1. The van der Waals surface area contributed by atoms with Crippen molar-refractivity contribution in [2.75, 3.05) is 5.88 Å². The Balaban J connectivity index is 2.62. The molecule has 0 radical (unpaired) electrons. The second-order valence-electron chi connectivity index (χ2n) is 2.08. The summed E-state index contributed by atoms with van der Waals surface area (Å²) in [4.78, 5) is 3.84. The van der Waals surface area contributed by atoms with E-state index in [2.05, 4.69) is 4.98 Å². The molecule has 0 aliphatic rings. The molecule has 2 atom stereocenters. The Morgan fingerprint density at radius 1 is 1.64 bits per heavy atom. The number of rotatable bonds is 3. The van der Waals surface area contributed by atoms with Crippen LogP contribution >= 0.6 is 22.9 Å². The summed E-state index contributed by atoms with van der Waals surface area (Å²) in [5.41, 5.74) is 2.07. The summed E-state index contributed by atoms with van der Waals surface area (Å²) < 4.78 is 0. The molecule has 62 valence electrons. The van der Waals surface area contributed by atoms with Gasteiger partial charge in [0.1, 0.15) is 6.10 Å². The van der Waals surface area contributed by atoms with E-state index in [1.165, 1.54) is 11.3 Å². The molecule has 2 N–H and O–H groups in total. The zero-order chi connectivity index (χ0) is 8.27. The van der Waals surface area contributed by atoms with Gasteiger partial charge >= 0.3 is 0 Å². The number of hydrogen-bond acceptors (Lipinski definition) is 4. The molecule has 0 saturated heterocycles. The monoisotopic (exact) mass is 193 g/mol. The Morgan fingerprint density at radius 3 is 2.82 bits per heavy atom. The highest BCUT2D eigenvalue weighted by Gasteiger charge is 2.18. The van der Waals surface area contributed by atoms with Crippen LogP contribution in [0.25, 0.3) is 0 Å². The first kappa shape index (κ1) is 8.93. The summed E-state index contributed by atoms with van der Waals surface area (Å²) in [6.07, 6.45) is -1.89. The predicted octanol–water partition coefficient (Wildman–Crippen LogP) is 0.776. The molecule has 0 fully saturated rings. The van der Waals surface area contributed by atoms with E-state index in [9.17, 15) is 5.11 Å². The normalized spacial score (nSPS) is 16.3. The Kier molecular flexibility index (Phi) is 3.26. The van der Waals surface area contributed by atoms with Crippen LogP contribution in [0, 0.1) is 0 Å². The molecule has 0 aliphatic carbocycles. The van der Waals surface area contributed by atoms with Gasteiger partial charge in [-0.05, 0) is 0 Å². The summed E-state index contributed by atoms with van der Waals surface area (Å²) in [6.45, 7) is 0. The maximum absolute atomic E-state index is 9.29. The average molecular weight is 194 g/mol. The SMILES string of the molecule is OC(CCl)C(O)c1cscn1. The van der Waals surface area contributed by atoms with E-state index < -0.39 is 12.2 Å². The van der Waals surface area contributed by atoms with Crippen LogP contribution in [0.3, 0.4) is 0 Å². The fraction of sp³-hybridized carbons (Fsp3) is 0.500. The highest BCUT2D eigenvalue weighted by atomic mass is 35.5. The molecular weight excluding hydrogens is 186 g/mol.